The van der Waals surface area contributed by atoms with E-state index in [1.165, 1.54) is 4.31 Å². The normalized spacial score (nSPS) is 20.2. The van der Waals surface area contributed by atoms with Gasteiger partial charge >= 0.3 is 0 Å². The number of nitrogens with zero attached hydrogens (tertiary/aromatic N) is 5. The summed E-state index contributed by atoms with van der Waals surface area (Å²) in [7, 11) is -3.71. The summed E-state index contributed by atoms with van der Waals surface area (Å²) in [5.74, 6) is -0.240. The highest BCUT2D eigenvalue weighted by molar-refractivity contribution is 7.89. The Morgan fingerprint density at radius 2 is 1.67 bits per heavy atom. The molecule has 1 atom stereocenters. The van der Waals surface area contributed by atoms with Gasteiger partial charge in [0.1, 0.15) is 11.7 Å². The number of amides is 1. The molecule has 226 valence electrons. The summed E-state index contributed by atoms with van der Waals surface area (Å²) in [6.45, 7) is 6.37. The summed E-state index contributed by atoms with van der Waals surface area (Å²) in [6, 6.07) is 14.5. The summed E-state index contributed by atoms with van der Waals surface area (Å²) in [4.78, 5) is 15.5. The van der Waals surface area contributed by atoms with E-state index < -0.39 is 16.1 Å². The fourth-order valence-electron chi connectivity index (χ4n) is 5.29. The van der Waals surface area contributed by atoms with Crippen molar-refractivity contribution in [3.8, 4) is 11.1 Å². The molecule has 3 heterocycles. The highest BCUT2D eigenvalue weighted by atomic mass is 35.5. The molecule has 0 N–H and O–H groups in total. The molecule has 3 aromatic rings. The molecule has 2 aromatic carbocycles. The molecule has 0 radical (unpaired) electrons. The summed E-state index contributed by atoms with van der Waals surface area (Å²) in [6.07, 6.45) is 3.52. The second kappa shape index (κ2) is 13.6. The number of aromatic nitrogens is 3. The number of hydrogen-bond donors (Lipinski definition) is 0. The average Bonchev–Trinajstić information content (AvgIpc) is 3.41. The van der Waals surface area contributed by atoms with Gasteiger partial charge in [-0.15, -0.1) is 5.10 Å². The van der Waals surface area contributed by atoms with Crippen LogP contribution in [-0.4, -0.2) is 76.4 Å². The molecule has 1 unspecified atom stereocenters. The van der Waals surface area contributed by atoms with Crippen LogP contribution in [-0.2, 0) is 43.9 Å². The Kier molecular flexibility index (Phi) is 9.95. The van der Waals surface area contributed by atoms with Gasteiger partial charge in [-0.05, 0) is 47.6 Å². The minimum Gasteiger partial charge on any atom is -0.353 e. The van der Waals surface area contributed by atoms with Gasteiger partial charge < -0.3 is 14.4 Å². The summed E-state index contributed by atoms with van der Waals surface area (Å²) >= 11 is 6.02. The number of halogens is 1. The predicted molar refractivity (Wildman–Crippen MR) is 160 cm³/mol. The van der Waals surface area contributed by atoms with Gasteiger partial charge in [0.25, 0.3) is 0 Å². The number of carbonyl (C=O) groups excluding carboxylic acids is 1. The first kappa shape index (κ1) is 30.6. The van der Waals surface area contributed by atoms with Crippen LogP contribution >= 0.6 is 11.6 Å². The topological polar surface area (TPSA) is 107 Å². The lowest BCUT2D eigenvalue weighted by atomic mass is 10.0. The van der Waals surface area contributed by atoms with Crippen LogP contribution in [0.25, 0.3) is 11.1 Å². The zero-order valence-electron chi connectivity index (χ0n) is 24.1. The fraction of sp³-hybridized carbons (Fsp3) is 0.500. The van der Waals surface area contributed by atoms with Gasteiger partial charge in [0, 0.05) is 31.1 Å². The standard InChI is InChI=1S/C30H38ClN5O5S/c1-22(2)18-28-30(37)34(20-27-21-35(33-32-27)13-12-29-40-15-3-16-41-29)14-17-42(38,39)36(28)19-23-4-6-24(7-5-23)25-8-10-26(31)11-9-25/h4-11,21-22,28-29H,3,12-20H2,1-2H3. The SMILES string of the molecule is CC(C)CC1C(=O)N(Cc2cn(CCC3OCCCO3)nn2)CCS(=O)(=O)N1Cc1ccc(-c2ccc(Cl)cc2)cc1. The van der Waals surface area contributed by atoms with Crippen molar-refractivity contribution in [1.29, 1.82) is 0 Å². The highest BCUT2D eigenvalue weighted by Crippen LogP contribution is 2.27. The molecule has 5 rings (SSSR count). The van der Waals surface area contributed by atoms with Gasteiger partial charge in [0.15, 0.2) is 6.29 Å². The lowest BCUT2D eigenvalue weighted by Crippen LogP contribution is -2.47. The molecule has 2 aliphatic rings. The molecule has 1 aromatic heterocycles. The smallest absolute Gasteiger partial charge is 0.241 e. The highest BCUT2D eigenvalue weighted by Gasteiger charge is 2.41. The van der Waals surface area contributed by atoms with Gasteiger partial charge in [0.2, 0.25) is 15.9 Å². The number of sulfonamides is 1. The molecule has 42 heavy (non-hydrogen) atoms. The fourth-order valence-corrected chi connectivity index (χ4v) is 7.01. The Morgan fingerprint density at radius 3 is 2.33 bits per heavy atom. The number of carbonyl (C=O) groups is 1. The molecule has 0 aliphatic carbocycles. The van der Waals surface area contributed by atoms with Crippen LogP contribution in [0, 0.1) is 5.92 Å². The van der Waals surface area contributed by atoms with Gasteiger partial charge in [-0.1, -0.05) is 67.1 Å². The van der Waals surface area contributed by atoms with Gasteiger partial charge in [-0.25, -0.2) is 8.42 Å². The van der Waals surface area contributed by atoms with Crippen LogP contribution < -0.4 is 0 Å². The van der Waals surface area contributed by atoms with Crippen LogP contribution in [0.1, 0.15) is 44.4 Å². The molecule has 0 spiro atoms. The quantitative estimate of drug-likeness (QED) is 0.334. The minimum absolute atomic E-state index is 0.0956. The van der Waals surface area contributed by atoms with Crippen molar-refractivity contribution >= 4 is 27.5 Å². The van der Waals surface area contributed by atoms with Crippen molar-refractivity contribution in [3.05, 3.63) is 71.0 Å². The number of aryl methyl sites for hydroxylation is 1. The molecular formula is C30H38ClN5O5S. The molecule has 2 aliphatic heterocycles. The number of rotatable bonds is 10. The van der Waals surface area contributed by atoms with Gasteiger partial charge in [-0.2, -0.15) is 4.31 Å². The Bertz CT molecular complexity index is 1440. The monoisotopic (exact) mass is 615 g/mol. The first-order valence-electron chi connectivity index (χ1n) is 14.4. The maximum Gasteiger partial charge on any atom is 0.241 e. The second-order valence-electron chi connectivity index (χ2n) is 11.3. The number of benzene rings is 2. The molecule has 12 heteroatoms. The Balaban J connectivity index is 1.29. The van der Waals surface area contributed by atoms with Crippen LogP contribution in [0.5, 0.6) is 0 Å². The molecule has 0 bridgehead atoms. The van der Waals surface area contributed by atoms with E-state index in [-0.39, 0.29) is 43.5 Å². The zero-order chi connectivity index (χ0) is 29.7. The Hall–Kier alpha value is -2.83. The summed E-state index contributed by atoms with van der Waals surface area (Å²) in [5.41, 5.74) is 3.45. The number of hydrogen-bond acceptors (Lipinski definition) is 7. The van der Waals surface area contributed by atoms with E-state index in [4.69, 9.17) is 21.1 Å². The third-order valence-electron chi connectivity index (χ3n) is 7.51. The zero-order valence-corrected chi connectivity index (χ0v) is 25.6. The van der Waals surface area contributed by atoms with E-state index >= 15 is 0 Å². The van der Waals surface area contributed by atoms with Crippen molar-refractivity contribution in [2.24, 2.45) is 5.92 Å². The largest absolute Gasteiger partial charge is 0.353 e. The lowest BCUT2D eigenvalue weighted by molar-refractivity contribution is -0.182. The van der Waals surface area contributed by atoms with Crippen molar-refractivity contribution in [2.45, 2.75) is 65.1 Å². The van der Waals surface area contributed by atoms with Crippen LogP contribution in [0.15, 0.2) is 54.7 Å². The maximum atomic E-state index is 13.9. The molecule has 2 saturated heterocycles. The van der Waals surface area contributed by atoms with E-state index in [0.717, 1.165) is 23.1 Å². The molecule has 0 saturated carbocycles. The Morgan fingerprint density at radius 1 is 1.00 bits per heavy atom. The minimum atomic E-state index is -3.71. The van der Waals surface area contributed by atoms with Crippen molar-refractivity contribution in [2.75, 3.05) is 25.5 Å². The molecular weight excluding hydrogens is 578 g/mol. The third kappa shape index (κ3) is 7.76. The molecule has 1 amide bonds. The molecule has 2 fully saturated rings. The third-order valence-corrected chi connectivity index (χ3v) is 9.56. The predicted octanol–water partition coefficient (Wildman–Crippen LogP) is 4.34. The first-order chi connectivity index (χ1) is 20.2. The van der Waals surface area contributed by atoms with Gasteiger partial charge in [-0.3, -0.25) is 9.48 Å². The van der Waals surface area contributed by atoms with Crippen molar-refractivity contribution in [1.82, 2.24) is 24.2 Å². The average molecular weight is 616 g/mol. The van der Waals surface area contributed by atoms with E-state index in [1.54, 1.807) is 15.8 Å². The van der Waals surface area contributed by atoms with E-state index in [0.29, 0.717) is 43.3 Å². The van der Waals surface area contributed by atoms with Crippen molar-refractivity contribution < 1.29 is 22.7 Å². The summed E-state index contributed by atoms with van der Waals surface area (Å²) < 4.78 is 41.5. The van der Waals surface area contributed by atoms with E-state index in [1.807, 2.05) is 62.4 Å². The van der Waals surface area contributed by atoms with E-state index in [2.05, 4.69) is 10.3 Å². The van der Waals surface area contributed by atoms with E-state index in [9.17, 15) is 13.2 Å². The number of ether oxygens (including phenoxy) is 2. The van der Waals surface area contributed by atoms with Crippen LogP contribution in [0.2, 0.25) is 5.02 Å². The lowest BCUT2D eigenvalue weighted by Gasteiger charge is -2.30. The molecule has 10 nitrogen and oxygen atoms in total. The van der Waals surface area contributed by atoms with Crippen LogP contribution in [0.4, 0.5) is 0 Å². The van der Waals surface area contributed by atoms with Crippen LogP contribution in [0.3, 0.4) is 0 Å². The Labute approximate surface area is 252 Å². The second-order valence-corrected chi connectivity index (χ2v) is 13.7. The van der Waals surface area contributed by atoms with Crippen molar-refractivity contribution in [3.63, 3.8) is 0 Å². The van der Waals surface area contributed by atoms with Gasteiger partial charge in [0.05, 0.1) is 31.7 Å². The maximum absolute atomic E-state index is 13.9. The first-order valence-corrected chi connectivity index (χ1v) is 16.4. The summed E-state index contributed by atoms with van der Waals surface area (Å²) in [5, 5.41) is 9.12.